The van der Waals surface area contributed by atoms with Gasteiger partial charge in [0, 0.05) is 22.4 Å². The van der Waals surface area contributed by atoms with Crippen molar-refractivity contribution in [2.45, 2.75) is 11.6 Å². The molecule has 0 saturated heterocycles. The zero-order valence-electron chi connectivity index (χ0n) is 18.5. The number of thioether (sulfide) groups is 1. The van der Waals surface area contributed by atoms with Crippen molar-refractivity contribution in [1.82, 2.24) is 4.98 Å². The average molecular weight is 512 g/mol. The van der Waals surface area contributed by atoms with Crippen molar-refractivity contribution in [1.29, 1.82) is 0 Å². The normalized spacial score (nSPS) is 11.3. The van der Waals surface area contributed by atoms with E-state index in [0.717, 1.165) is 0 Å². The summed E-state index contributed by atoms with van der Waals surface area (Å²) in [6.45, 7) is 0.264. The smallest absolute Gasteiger partial charge is 0.256 e. The third-order valence-corrected chi connectivity index (χ3v) is 6.40. The standard InChI is InChI=1S/C26H19ClFNO5S/c1-31-18-8-9-19-22(14-18)33-24(15-3-6-17(28)7-4-15)25(23(19)30)32-11-2-12-35-26-29-20-13-16(27)5-10-21(20)34-26/h3-10,13-14H,2,11-12H2,1H3. The first-order chi connectivity index (χ1) is 17.0. The van der Waals surface area contributed by atoms with Crippen molar-refractivity contribution in [3.05, 3.63) is 81.7 Å². The molecule has 0 spiro atoms. The molecule has 2 heterocycles. The molecule has 0 amide bonds. The lowest BCUT2D eigenvalue weighted by atomic mass is 10.1. The number of nitrogens with zero attached hydrogens (tertiary/aromatic N) is 1. The first-order valence-corrected chi connectivity index (χ1v) is 12.1. The van der Waals surface area contributed by atoms with Gasteiger partial charge in [-0.1, -0.05) is 23.4 Å². The van der Waals surface area contributed by atoms with Gasteiger partial charge in [-0.2, -0.15) is 0 Å². The Bertz CT molecular complexity index is 1560. The van der Waals surface area contributed by atoms with E-state index in [-0.39, 0.29) is 29.4 Å². The lowest BCUT2D eigenvalue weighted by Crippen LogP contribution is -2.11. The Hall–Kier alpha value is -3.49. The first-order valence-electron chi connectivity index (χ1n) is 10.7. The van der Waals surface area contributed by atoms with Crippen molar-refractivity contribution in [3.63, 3.8) is 0 Å². The maximum Gasteiger partial charge on any atom is 0.256 e. The Morgan fingerprint density at radius 3 is 2.66 bits per heavy atom. The third-order valence-electron chi connectivity index (χ3n) is 5.25. The van der Waals surface area contributed by atoms with Gasteiger partial charge in [0.25, 0.3) is 5.22 Å². The monoisotopic (exact) mass is 511 g/mol. The van der Waals surface area contributed by atoms with Crippen LogP contribution in [0.5, 0.6) is 11.5 Å². The number of fused-ring (bicyclic) bond motifs is 2. The van der Waals surface area contributed by atoms with Crippen LogP contribution in [-0.2, 0) is 0 Å². The van der Waals surface area contributed by atoms with Crippen LogP contribution in [0, 0.1) is 5.82 Å². The van der Waals surface area contributed by atoms with E-state index in [4.69, 9.17) is 29.9 Å². The number of benzene rings is 3. The van der Waals surface area contributed by atoms with Crippen LogP contribution < -0.4 is 14.9 Å². The molecule has 0 aliphatic heterocycles. The van der Waals surface area contributed by atoms with Gasteiger partial charge in [-0.25, -0.2) is 9.37 Å². The lowest BCUT2D eigenvalue weighted by molar-refractivity contribution is 0.310. The van der Waals surface area contributed by atoms with Crippen LogP contribution in [0.15, 0.2) is 79.5 Å². The minimum absolute atomic E-state index is 0.0794. The van der Waals surface area contributed by atoms with E-state index in [9.17, 15) is 9.18 Å². The minimum Gasteiger partial charge on any atom is -0.497 e. The molecule has 2 aromatic heterocycles. The van der Waals surface area contributed by atoms with Crippen LogP contribution in [0.4, 0.5) is 4.39 Å². The van der Waals surface area contributed by atoms with Gasteiger partial charge in [0.2, 0.25) is 11.2 Å². The molecule has 35 heavy (non-hydrogen) atoms. The summed E-state index contributed by atoms with van der Waals surface area (Å²) in [6.07, 6.45) is 0.618. The number of methoxy groups -OCH3 is 1. The molecule has 0 unspecified atom stereocenters. The summed E-state index contributed by atoms with van der Waals surface area (Å²) < 4.78 is 36.4. The lowest BCUT2D eigenvalue weighted by Gasteiger charge is -2.12. The van der Waals surface area contributed by atoms with E-state index < -0.39 is 0 Å². The summed E-state index contributed by atoms with van der Waals surface area (Å²) in [5.74, 6) is 1.13. The van der Waals surface area contributed by atoms with E-state index in [0.29, 0.717) is 55.8 Å². The fourth-order valence-electron chi connectivity index (χ4n) is 3.54. The van der Waals surface area contributed by atoms with Gasteiger partial charge in [0.05, 0.1) is 19.1 Å². The molecule has 0 saturated carbocycles. The molecule has 0 radical (unpaired) electrons. The Morgan fingerprint density at radius 1 is 1.03 bits per heavy atom. The van der Waals surface area contributed by atoms with Crippen LogP contribution in [0.2, 0.25) is 5.02 Å². The molecule has 0 aliphatic carbocycles. The van der Waals surface area contributed by atoms with Crippen LogP contribution in [0.1, 0.15) is 6.42 Å². The largest absolute Gasteiger partial charge is 0.497 e. The van der Waals surface area contributed by atoms with Gasteiger partial charge >= 0.3 is 0 Å². The molecule has 0 fully saturated rings. The Labute approximate surface area is 208 Å². The zero-order valence-corrected chi connectivity index (χ0v) is 20.1. The van der Waals surface area contributed by atoms with Gasteiger partial charge in [-0.15, -0.1) is 0 Å². The van der Waals surface area contributed by atoms with Gasteiger partial charge in [-0.05, 0) is 61.0 Å². The molecular formula is C26H19ClFNO5S. The van der Waals surface area contributed by atoms with Crippen molar-refractivity contribution < 1.29 is 22.7 Å². The molecule has 0 aliphatic rings. The van der Waals surface area contributed by atoms with Gasteiger partial charge in [0.15, 0.2) is 11.3 Å². The summed E-state index contributed by atoms with van der Waals surface area (Å²) in [5, 5.41) is 1.50. The molecule has 3 aromatic carbocycles. The molecule has 9 heteroatoms. The number of hydrogen-bond acceptors (Lipinski definition) is 7. The topological polar surface area (TPSA) is 74.7 Å². The Balaban J connectivity index is 1.35. The van der Waals surface area contributed by atoms with Gasteiger partial charge in [0.1, 0.15) is 22.7 Å². The third kappa shape index (κ3) is 4.99. The number of halogens is 2. The molecule has 0 atom stereocenters. The summed E-state index contributed by atoms with van der Waals surface area (Å²) in [4.78, 5) is 17.7. The highest BCUT2D eigenvalue weighted by Gasteiger charge is 2.18. The highest BCUT2D eigenvalue weighted by atomic mass is 35.5. The number of rotatable bonds is 8. The average Bonchev–Trinajstić information content (AvgIpc) is 3.27. The van der Waals surface area contributed by atoms with E-state index in [1.54, 1.807) is 48.5 Å². The van der Waals surface area contributed by atoms with Crippen molar-refractivity contribution in [2.75, 3.05) is 19.5 Å². The highest BCUT2D eigenvalue weighted by Crippen LogP contribution is 2.33. The molecule has 0 N–H and O–H groups in total. The molecule has 178 valence electrons. The first kappa shape index (κ1) is 23.3. The van der Waals surface area contributed by atoms with Crippen LogP contribution in [-0.4, -0.2) is 24.5 Å². The van der Waals surface area contributed by atoms with Crippen molar-refractivity contribution in [3.8, 4) is 22.8 Å². The summed E-state index contributed by atoms with van der Waals surface area (Å²) in [5.41, 5.74) is 1.94. The number of hydrogen-bond donors (Lipinski definition) is 0. The van der Waals surface area contributed by atoms with Gasteiger partial charge < -0.3 is 18.3 Å². The maximum absolute atomic E-state index is 13.5. The zero-order chi connectivity index (χ0) is 24.4. The van der Waals surface area contributed by atoms with E-state index >= 15 is 0 Å². The van der Waals surface area contributed by atoms with Crippen molar-refractivity contribution >= 4 is 45.4 Å². The number of aromatic nitrogens is 1. The molecular weight excluding hydrogens is 493 g/mol. The Kier molecular flexibility index (Phi) is 6.66. The van der Waals surface area contributed by atoms with Crippen LogP contribution in [0.3, 0.4) is 0 Å². The SMILES string of the molecule is COc1ccc2c(=O)c(OCCCSc3nc4cc(Cl)ccc4o3)c(-c3ccc(F)cc3)oc2c1. The predicted octanol–water partition coefficient (Wildman–Crippen LogP) is 6.96. The summed E-state index contributed by atoms with van der Waals surface area (Å²) >= 11 is 7.44. The van der Waals surface area contributed by atoms with E-state index in [1.165, 1.54) is 31.0 Å². The second-order valence-corrected chi connectivity index (χ2v) is 9.08. The van der Waals surface area contributed by atoms with E-state index in [2.05, 4.69) is 4.98 Å². The van der Waals surface area contributed by atoms with Crippen molar-refractivity contribution in [2.24, 2.45) is 0 Å². The highest BCUT2D eigenvalue weighted by molar-refractivity contribution is 7.99. The van der Waals surface area contributed by atoms with Crippen LogP contribution in [0.25, 0.3) is 33.4 Å². The predicted molar refractivity (Wildman–Crippen MR) is 134 cm³/mol. The maximum atomic E-state index is 13.5. The summed E-state index contributed by atoms with van der Waals surface area (Å²) in [7, 11) is 1.53. The van der Waals surface area contributed by atoms with Crippen LogP contribution >= 0.6 is 23.4 Å². The van der Waals surface area contributed by atoms with E-state index in [1.807, 2.05) is 0 Å². The quantitative estimate of drug-likeness (QED) is 0.164. The second-order valence-electron chi connectivity index (χ2n) is 7.60. The fourth-order valence-corrected chi connectivity index (χ4v) is 4.45. The molecule has 5 aromatic rings. The fraction of sp³-hybridized carbons (Fsp3) is 0.154. The second kappa shape index (κ2) is 10.0. The Morgan fingerprint density at radius 2 is 1.86 bits per heavy atom. The molecule has 0 bridgehead atoms. The summed E-state index contributed by atoms with van der Waals surface area (Å²) in [6, 6.07) is 15.9. The molecule has 6 nitrogen and oxygen atoms in total. The minimum atomic E-state index is -0.389. The molecule has 5 rings (SSSR count). The number of oxazole rings is 1. The number of ether oxygens (including phenoxy) is 2. The van der Waals surface area contributed by atoms with Gasteiger partial charge in [-0.3, -0.25) is 4.79 Å².